The first kappa shape index (κ1) is 12.2. The molecule has 2 aliphatic rings. The van der Waals surface area contributed by atoms with Crippen LogP contribution in [0, 0.1) is 0 Å². The summed E-state index contributed by atoms with van der Waals surface area (Å²) in [7, 11) is 1.82. The van der Waals surface area contributed by atoms with E-state index in [1.165, 1.54) is 17.9 Å². The molecule has 1 atom stereocenters. The predicted octanol–water partition coefficient (Wildman–Crippen LogP) is -0.144. The summed E-state index contributed by atoms with van der Waals surface area (Å²) in [5, 5.41) is 2.92. The minimum absolute atomic E-state index is 0.239. The molecule has 0 aromatic carbocycles. The van der Waals surface area contributed by atoms with Gasteiger partial charge in [0.05, 0.1) is 6.54 Å². The molecule has 1 amide bonds. The smallest absolute Gasteiger partial charge is 0.236 e. The highest BCUT2D eigenvalue weighted by Gasteiger charge is 2.27. The van der Waals surface area contributed by atoms with Crippen molar-refractivity contribution >= 4 is 17.7 Å². The van der Waals surface area contributed by atoms with E-state index in [4.69, 9.17) is 0 Å². The minimum atomic E-state index is 0.239. The molecule has 2 fully saturated rings. The first-order valence-electron chi connectivity index (χ1n) is 6.05. The molecule has 2 saturated heterocycles. The molecule has 0 aromatic heterocycles. The Hall–Kier alpha value is -0.260. The Morgan fingerprint density at radius 3 is 2.69 bits per heavy atom. The molecule has 92 valence electrons. The molecule has 0 spiro atoms. The van der Waals surface area contributed by atoms with E-state index in [1.54, 1.807) is 0 Å². The quantitative estimate of drug-likeness (QED) is 0.748. The van der Waals surface area contributed by atoms with E-state index in [9.17, 15) is 4.79 Å². The number of rotatable bonds is 3. The average Bonchev–Trinajstić information content (AvgIpc) is 2.83. The third kappa shape index (κ3) is 2.90. The van der Waals surface area contributed by atoms with Crippen LogP contribution in [-0.2, 0) is 4.79 Å². The maximum Gasteiger partial charge on any atom is 0.236 e. The summed E-state index contributed by atoms with van der Waals surface area (Å²) in [6, 6.07) is 0.770. The van der Waals surface area contributed by atoms with Crippen LogP contribution < -0.4 is 5.32 Å². The zero-order chi connectivity index (χ0) is 11.4. The van der Waals surface area contributed by atoms with Crippen LogP contribution >= 0.6 is 11.8 Å². The summed E-state index contributed by atoms with van der Waals surface area (Å²) < 4.78 is 0. The van der Waals surface area contributed by atoms with Gasteiger partial charge in [-0.25, -0.2) is 0 Å². The molecule has 1 N–H and O–H groups in total. The largest absolute Gasteiger partial charge is 0.339 e. The van der Waals surface area contributed by atoms with Gasteiger partial charge in [0.15, 0.2) is 0 Å². The SMILES string of the molecule is CNCC(=O)N1CCN([C@@H]2CCSC2)CC1. The third-order valence-electron chi connectivity index (χ3n) is 3.42. The van der Waals surface area contributed by atoms with Crippen LogP contribution in [-0.4, -0.2) is 73.0 Å². The number of hydrogen-bond donors (Lipinski definition) is 1. The summed E-state index contributed by atoms with van der Waals surface area (Å²) in [4.78, 5) is 16.2. The first-order chi connectivity index (χ1) is 7.81. The summed E-state index contributed by atoms with van der Waals surface area (Å²) >= 11 is 2.06. The van der Waals surface area contributed by atoms with Gasteiger partial charge in [0, 0.05) is 38.0 Å². The van der Waals surface area contributed by atoms with Gasteiger partial charge in [0.2, 0.25) is 5.91 Å². The second-order valence-corrected chi connectivity index (χ2v) is 5.61. The fourth-order valence-electron chi connectivity index (χ4n) is 2.41. The number of carbonyl (C=O) groups is 1. The van der Waals surface area contributed by atoms with Crippen molar-refractivity contribution in [3.8, 4) is 0 Å². The molecule has 4 nitrogen and oxygen atoms in total. The second-order valence-electron chi connectivity index (χ2n) is 4.46. The summed E-state index contributed by atoms with van der Waals surface area (Å²) in [6.07, 6.45) is 1.33. The number of piperazine rings is 1. The van der Waals surface area contributed by atoms with Gasteiger partial charge in [-0.2, -0.15) is 11.8 Å². The fraction of sp³-hybridized carbons (Fsp3) is 0.909. The molecule has 16 heavy (non-hydrogen) atoms. The number of nitrogens with zero attached hydrogens (tertiary/aromatic N) is 2. The van der Waals surface area contributed by atoms with Crippen LogP contribution in [0.4, 0.5) is 0 Å². The van der Waals surface area contributed by atoms with Gasteiger partial charge in [-0.1, -0.05) is 0 Å². The highest BCUT2D eigenvalue weighted by molar-refractivity contribution is 7.99. The number of carbonyl (C=O) groups excluding carboxylic acids is 1. The molecule has 0 radical (unpaired) electrons. The lowest BCUT2D eigenvalue weighted by Crippen LogP contribution is -2.53. The number of amides is 1. The van der Waals surface area contributed by atoms with Crippen molar-refractivity contribution in [1.82, 2.24) is 15.1 Å². The average molecular weight is 243 g/mol. The molecule has 5 heteroatoms. The van der Waals surface area contributed by atoms with Crippen molar-refractivity contribution in [3.05, 3.63) is 0 Å². The lowest BCUT2D eigenvalue weighted by Gasteiger charge is -2.37. The summed E-state index contributed by atoms with van der Waals surface area (Å²) in [6.45, 7) is 4.39. The van der Waals surface area contributed by atoms with Crippen LogP contribution in [0.25, 0.3) is 0 Å². The molecule has 0 aliphatic carbocycles. The molecule has 2 rings (SSSR count). The highest BCUT2D eigenvalue weighted by Crippen LogP contribution is 2.23. The van der Waals surface area contributed by atoms with Crippen molar-refractivity contribution < 1.29 is 4.79 Å². The molecule has 0 bridgehead atoms. The van der Waals surface area contributed by atoms with Gasteiger partial charge in [-0.3, -0.25) is 9.69 Å². The van der Waals surface area contributed by atoms with E-state index in [0.717, 1.165) is 32.2 Å². The van der Waals surface area contributed by atoms with E-state index >= 15 is 0 Å². The zero-order valence-corrected chi connectivity index (χ0v) is 10.8. The maximum atomic E-state index is 11.7. The molecule has 0 aromatic rings. The minimum Gasteiger partial charge on any atom is -0.339 e. The lowest BCUT2D eigenvalue weighted by atomic mass is 10.2. The van der Waals surface area contributed by atoms with E-state index < -0.39 is 0 Å². The van der Waals surface area contributed by atoms with E-state index in [-0.39, 0.29) is 5.91 Å². The Balaban J connectivity index is 1.75. The van der Waals surface area contributed by atoms with Crippen LogP contribution in [0.15, 0.2) is 0 Å². The van der Waals surface area contributed by atoms with Crippen LogP contribution in [0.5, 0.6) is 0 Å². The number of nitrogens with one attached hydrogen (secondary N) is 1. The topological polar surface area (TPSA) is 35.6 Å². The van der Waals surface area contributed by atoms with Gasteiger partial charge >= 0.3 is 0 Å². The summed E-state index contributed by atoms with van der Waals surface area (Å²) in [5.41, 5.74) is 0. The third-order valence-corrected chi connectivity index (χ3v) is 4.56. The van der Waals surface area contributed by atoms with Crippen LogP contribution in [0.3, 0.4) is 0 Å². The molecule has 2 aliphatic heterocycles. The van der Waals surface area contributed by atoms with Gasteiger partial charge in [-0.05, 0) is 19.2 Å². The van der Waals surface area contributed by atoms with Crippen molar-refractivity contribution in [2.45, 2.75) is 12.5 Å². The number of thioether (sulfide) groups is 1. The van der Waals surface area contributed by atoms with Gasteiger partial charge < -0.3 is 10.2 Å². The van der Waals surface area contributed by atoms with Crippen molar-refractivity contribution in [2.24, 2.45) is 0 Å². The number of likely N-dealkylation sites (N-methyl/N-ethyl adjacent to an activating group) is 1. The maximum absolute atomic E-state index is 11.7. The fourth-order valence-corrected chi connectivity index (χ4v) is 3.66. The Morgan fingerprint density at radius 2 is 2.12 bits per heavy atom. The van der Waals surface area contributed by atoms with Crippen LogP contribution in [0.1, 0.15) is 6.42 Å². The van der Waals surface area contributed by atoms with Crippen molar-refractivity contribution in [3.63, 3.8) is 0 Å². The molecule has 2 heterocycles. The normalized spacial score (nSPS) is 27.3. The summed E-state index contributed by atoms with van der Waals surface area (Å²) in [5.74, 6) is 2.83. The number of hydrogen-bond acceptors (Lipinski definition) is 4. The Bertz CT molecular complexity index is 235. The van der Waals surface area contributed by atoms with E-state index in [0.29, 0.717) is 6.54 Å². The van der Waals surface area contributed by atoms with Crippen molar-refractivity contribution in [2.75, 3.05) is 51.3 Å². The molecular formula is C11H21N3OS. The Labute approximate surface area is 102 Å². The first-order valence-corrected chi connectivity index (χ1v) is 7.21. The van der Waals surface area contributed by atoms with Gasteiger partial charge in [0.25, 0.3) is 0 Å². The van der Waals surface area contributed by atoms with E-state index in [2.05, 4.69) is 22.0 Å². The Morgan fingerprint density at radius 1 is 1.38 bits per heavy atom. The van der Waals surface area contributed by atoms with Crippen LogP contribution in [0.2, 0.25) is 0 Å². The standard InChI is InChI=1S/C11H21N3OS/c1-12-8-11(15)14-5-3-13(4-6-14)10-2-7-16-9-10/h10,12H,2-9H2,1H3/t10-/m1/s1. The predicted molar refractivity (Wildman–Crippen MR) is 67.8 cm³/mol. The second kappa shape index (κ2) is 5.89. The molecule has 0 unspecified atom stereocenters. The monoisotopic (exact) mass is 243 g/mol. The highest BCUT2D eigenvalue weighted by atomic mass is 32.2. The lowest BCUT2D eigenvalue weighted by molar-refractivity contribution is -0.132. The van der Waals surface area contributed by atoms with Gasteiger partial charge in [0.1, 0.15) is 0 Å². The van der Waals surface area contributed by atoms with E-state index in [1.807, 2.05) is 11.9 Å². The molecular weight excluding hydrogens is 222 g/mol. The van der Waals surface area contributed by atoms with Crippen molar-refractivity contribution in [1.29, 1.82) is 0 Å². The Kier molecular flexibility index (Phi) is 4.49. The van der Waals surface area contributed by atoms with Gasteiger partial charge in [-0.15, -0.1) is 0 Å². The zero-order valence-electron chi connectivity index (χ0n) is 9.95. The molecule has 0 saturated carbocycles.